The van der Waals surface area contributed by atoms with Gasteiger partial charge in [-0.3, -0.25) is 4.79 Å². The number of hydrogen-bond donors (Lipinski definition) is 2. The molecule has 1 aromatic carbocycles. The molecule has 4 heteroatoms. The second-order valence-corrected chi connectivity index (χ2v) is 6.10. The number of nitrogens with one attached hydrogen (secondary N) is 2. The smallest absolute Gasteiger partial charge is 0.258 e. The summed E-state index contributed by atoms with van der Waals surface area (Å²) in [4.78, 5) is 15.0. The van der Waals surface area contributed by atoms with E-state index < -0.39 is 0 Å². The Morgan fingerprint density at radius 1 is 1.15 bits per heavy atom. The van der Waals surface area contributed by atoms with Crippen LogP contribution in [0, 0.1) is 4.64 Å². The number of pyridine rings is 1. The highest BCUT2D eigenvalue weighted by Gasteiger charge is 2.13. The Kier molecular flexibility index (Phi) is 4.04. The van der Waals surface area contributed by atoms with Gasteiger partial charge in [-0.1, -0.05) is 45.1 Å². The molecular formula is C16H18N2OS. The van der Waals surface area contributed by atoms with E-state index in [1.165, 1.54) is 5.56 Å². The molecule has 0 aliphatic rings. The number of benzene rings is 1. The third-order valence-corrected chi connectivity index (χ3v) is 3.41. The molecule has 2 N–H and O–H groups in total. The lowest BCUT2D eigenvalue weighted by molar-refractivity contribution is 0.102. The zero-order chi connectivity index (χ0) is 14.8. The number of carbonyl (C=O) groups is 1. The third kappa shape index (κ3) is 3.33. The molecular weight excluding hydrogens is 268 g/mol. The minimum atomic E-state index is -0.199. The molecule has 2 rings (SSSR count). The molecule has 0 bridgehead atoms. The van der Waals surface area contributed by atoms with Crippen LogP contribution in [0.15, 0.2) is 42.6 Å². The number of rotatable bonds is 2. The molecule has 0 fully saturated rings. The van der Waals surface area contributed by atoms with E-state index >= 15 is 0 Å². The monoisotopic (exact) mass is 286 g/mol. The number of amides is 1. The quantitative estimate of drug-likeness (QED) is 0.809. The molecule has 0 saturated heterocycles. The fourth-order valence-electron chi connectivity index (χ4n) is 1.85. The van der Waals surface area contributed by atoms with Gasteiger partial charge >= 0.3 is 0 Å². The first-order valence-electron chi connectivity index (χ1n) is 6.47. The normalized spacial score (nSPS) is 11.2. The Hall–Kier alpha value is -1.94. The summed E-state index contributed by atoms with van der Waals surface area (Å²) in [6.07, 6.45) is 1.71. The van der Waals surface area contributed by atoms with Crippen molar-refractivity contribution in [3.63, 3.8) is 0 Å². The molecule has 104 valence electrons. The second-order valence-electron chi connectivity index (χ2n) is 5.69. The maximum absolute atomic E-state index is 12.1. The summed E-state index contributed by atoms with van der Waals surface area (Å²) in [5, 5.41) is 2.85. The predicted molar refractivity (Wildman–Crippen MR) is 84.7 cm³/mol. The maximum atomic E-state index is 12.1. The van der Waals surface area contributed by atoms with E-state index in [-0.39, 0.29) is 11.3 Å². The number of hydrogen-bond acceptors (Lipinski definition) is 2. The lowest BCUT2D eigenvalue weighted by Gasteiger charge is -2.19. The van der Waals surface area contributed by atoms with Crippen LogP contribution < -0.4 is 5.32 Å². The van der Waals surface area contributed by atoms with Gasteiger partial charge in [-0.25, -0.2) is 0 Å². The SMILES string of the molecule is CC(C)(C)c1ccc(NC(=O)c2ccc[nH]c2=S)cc1. The Labute approximate surface area is 124 Å². The number of aromatic amines is 1. The molecule has 0 aliphatic carbocycles. The molecule has 20 heavy (non-hydrogen) atoms. The van der Waals surface area contributed by atoms with Crippen LogP contribution in [0.25, 0.3) is 0 Å². The summed E-state index contributed by atoms with van der Waals surface area (Å²) < 4.78 is 0.441. The van der Waals surface area contributed by atoms with Gasteiger partial charge in [0.1, 0.15) is 4.64 Å². The van der Waals surface area contributed by atoms with Gasteiger partial charge < -0.3 is 10.3 Å². The molecule has 0 aliphatic heterocycles. The summed E-state index contributed by atoms with van der Waals surface area (Å²) in [5.41, 5.74) is 2.57. The minimum Gasteiger partial charge on any atom is -0.352 e. The first kappa shape index (κ1) is 14.5. The Bertz CT molecular complexity index is 666. The first-order valence-corrected chi connectivity index (χ1v) is 6.88. The average Bonchev–Trinajstić information content (AvgIpc) is 2.38. The van der Waals surface area contributed by atoms with Gasteiger partial charge in [0, 0.05) is 11.9 Å². The zero-order valence-electron chi connectivity index (χ0n) is 11.9. The van der Waals surface area contributed by atoms with Crippen LogP contribution in [0.2, 0.25) is 0 Å². The standard InChI is InChI=1S/C16H18N2OS/c1-16(2,3)11-6-8-12(9-7-11)18-14(19)13-5-4-10-17-15(13)20/h4-10H,1-3H3,(H,17,20)(H,18,19). The van der Waals surface area contributed by atoms with Gasteiger partial charge in [0.15, 0.2) is 0 Å². The van der Waals surface area contributed by atoms with E-state index in [1.54, 1.807) is 18.3 Å². The van der Waals surface area contributed by atoms with Crippen LogP contribution in [-0.4, -0.2) is 10.9 Å². The highest BCUT2D eigenvalue weighted by atomic mass is 32.1. The highest BCUT2D eigenvalue weighted by Crippen LogP contribution is 2.23. The van der Waals surface area contributed by atoms with Gasteiger partial charge in [0.2, 0.25) is 0 Å². The molecule has 0 atom stereocenters. The van der Waals surface area contributed by atoms with Crippen molar-refractivity contribution in [2.24, 2.45) is 0 Å². The summed E-state index contributed by atoms with van der Waals surface area (Å²) in [6.45, 7) is 6.47. The molecule has 0 radical (unpaired) electrons. The van der Waals surface area contributed by atoms with Crippen LogP contribution in [0.3, 0.4) is 0 Å². The Morgan fingerprint density at radius 2 is 1.80 bits per heavy atom. The van der Waals surface area contributed by atoms with E-state index in [0.717, 1.165) is 5.69 Å². The van der Waals surface area contributed by atoms with Crippen LogP contribution in [0.5, 0.6) is 0 Å². The maximum Gasteiger partial charge on any atom is 0.258 e. The van der Waals surface area contributed by atoms with Crippen LogP contribution in [-0.2, 0) is 5.41 Å². The van der Waals surface area contributed by atoms with Crippen molar-refractivity contribution < 1.29 is 4.79 Å². The molecule has 0 unspecified atom stereocenters. The fraction of sp³-hybridized carbons (Fsp3) is 0.250. The van der Waals surface area contributed by atoms with E-state index in [4.69, 9.17) is 12.2 Å². The van der Waals surface area contributed by atoms with E-state index in [2.05, 4.69) is 31.1 Å². The molecule has 1 amide bonds. The number of anilines is 1. The summed E-state index contributed by atoms with van der Waals surface area (Å²) in [6, 6.07) is 11.3. The average molecular weight is 286 g/mol. The van der Waals surface area contributed by atoms with Gasteiger partial charge in [-0.15, -0.1) is 0 Å². The van der Waals surface area contributed by atoms with Gasteiger partial charge in [-0.05, 0) is 35.2 Å². The van der Waals surface area contributed by atoms with Gasteiger partial charge in [0.05, 0.1) is 5.56 Å². The van der Waals surface area contributed by atoms with Crippen LogP contribution >= 0.6 is 12.2 Å². The topological polar surface area (TPSA) is 44.9 Å². The van der Waals surface area contributed by atoms with Gasteiger partial charge in [0.25, 0.3) is 5.91 Å². The molecule has 0 saturated carbocycles. The Balaban J connectivity index is 2.17. The van der Waals surface area contributed by atoms with Crippen molar-refractivity contribution in [2.75, 3.05) is 5.32 Å². The van der Waals surface area contributed by atoms with Crippen molar-refractivity contribution in [3.8, 4) is 0 Å². The third-order valence-electron chi connectivity index (χ3n) is 3.07. The molecule has 3 nitrogen and oxygen atoms in total. The number of H-pyrrole nitrogens is 1. The second kappa shape index (κ2) is 5.59. The lowest BCUT2D eigenvalue weighted by atomic mass is 9.87. The molecule has 1 heterocycles. The molecule has 2 aromatic rings. The summed E-state index contributed by atoms with van der Waals surface area (Å²) in [5.74, 6) is -0.199. The summed E-state index contributed by atoms with van der Waals surface area (Å²) in [7, 11) is 0. The molecule has 1 aromatic heterocycles. The number of carbonyl (C=O) groups excluding carboxylic acids is 1. The van der Waals surface area contributed by atoms with Crippen molar-refractivity contribution in [2.45, 2.75) is 26.2 Å². The Morgan fingerprint density at radius 3 is 2.35 bits per heavy atom. The van der Waals surface area contributed by atoms with E-state index in [0.29, 0.717) is 10.2 Å². The lowest BCUT2D eigenvalue weighted by Crippen LogP contribution is -2.14. The van der Waals surface area contributed by atoms with Crippen molar-refractivity contribution >= 4 is 23.8 Å². The van der Waals surface area contributed by atoms with Crippen LogP contribution in [0.4, 0.5) is 5.69 Å². The van der Waals surface area contributed by atoms with Crippen molar-refractivity contribution in [1.82, 2.24) is 4.98 Å². The molecule has 0 spiro atoms. The van der Waals surface area contributed by atoms with Crippen molar-refractivity contribution in [3.05, 3.63) is 58.4 Å². The van der Waals surface area contributed by atoms with E-state index in [1.807, 2.05) is 24.3 Å². The van der Waals surface area contributed by atoms with Crippen molar-refractivity contribution in [1.29, 1.82) is 0 Å². The first-order chi connectivity index (χ1) is 9.38. The van der Waals surface area contributed by atoms with E-state index in [9.17, 15) is 4.79 Å². The number of aromatic nitrogens is 1. The highest BCUT2D eigenvalue weighted by molar-refractivity contribution is 7.71. The fourth-order valence-corrected chi connectivity index (χ4v) is 2.08. The minimum absolute atomic E-state index is 0.102. The predicted octanol–water partition coefficient (Wildman–Crippen LogP) is 4.29. The summed E-state index contributed by atoms with van der Waals surface area (Å²) >= 11 is 5.10. The van der Waals surface area contributed by atoms with Crippen LogP contribution in [0.1, 0.15) is 36.7 Å². The van der Waals surface area contributed by atoms with Gasteiger partial charge in [-0.2, -0.15) is 0 Å². The zero-order valence-corrected chi connectivity index (χ0v) is 12.7. The largest absolute Gasteiger partial charge is 0.352 e.